The quantitative estimate of drug-likeness (QED) is 0.798. The molecule has 0 aliphatic carbocycles. The van der Waals surface area contributed by atoms with Gasteiger partial charge in [-0.25, -0.2) is 4.98 Å². The van der Waals surface area contributed by atoms with Gasteiger partial charge in [0, 0.05) is 5.02 Å². The van der Waals surface area contributed by atoms with Crippen LogP contribution < -0.4 is 11.5 Å². The Morgan fingerprint density at radius 3 is 2.29 bits per heavy atom. The van der Waals surface area contributed by atoms with Crippen molar-refractivity contribution >= 4 is 34.6 Å². The second-order valence-electron chi connectivity index (χ2n) is 3.32. The molecule has 0 saturated carbocycles. The van der Waals surface area contributed by atoms with Gasteiger partial charge in [0.2, 0.25) is 0 Å². The summed E-state index contributed by atoms with van der Waals surface area (Å²) in [5.41, 5.74) is 12.3. The highest BCUT2D eigenvalue weighted by Crippen LogP contribution is 2.24. The number of azo groups is 1. The Morgan fingerprint density at radius 2 is 1.65 bits per heavy atom. The van der Waals surface area contributed by atoms with Gasteiger partial charge in [-0.05, 0) is 36.4 Å². The van der Waals surface area contributed by atoms with Crippen molar-refractivity contribution in [1.29, 1.82) is 0 Å². The van der Waals surface area contributed by atoms with Crippen molar-refractivity contribution in [1.82, 2.24) is 4.98 Å². The molecule has 0 saturated heterocycles. The predicted octanol–water partition coefficient (Wildman–Crippen LogP) is 3.31. The zero-order chi connectivity index (χ0) is 12.3. The van der Waals surface area contributed by atoms with Gasteiger partial charge in [0.05, 0.1) is 5.69 Å². The number of hydrogen-bond donors (Lipinski definition) is 2. The number of aromatic nitrogens is 1. The maximum atomic E-state index is 5.76. The molecule has 6 heteroatoms. The van der Waals surface area contributed by atoms with Crippen molar-refractivity contribution < 1.29 is 0 Å². The van der Waals surface area contributed by atoms with E-state index in [1.54, 1.807) is 36.4 Å². The van der Waals surface area contributed by atoms with E-state index in [-0.39, 0.29) is 5.82 Å². The Kier molecular flexibility index (Phi) is 3.20. The first kappa shape index (κ1) is 11.3. The standard InChI is InChI=1S/C11H10ClN5/c12-7-1-3-8(4-2-7)16-17-9-5-6-10(13)15-11(9)14/h1-6H,(H4,13,14,15)/b17-16+. The molecule has 0 bridgehead atoms. The lowest BCUT2D eigenvalue weighted by Gasteiger charge is -1.98. The van der Waals surface area contributed by atoms with Crippen LogP contribution >= 0.6 is 11.6 Å². The fourth-order valence-electron chi connectivity index (χ4n) is 1.19. The highest BCUT2D eigenvalue weighted by atomic mass is 35.5. The molecule has 17 heavy (non-hydrogen) atoms. The van der Waals surface area contributed by atoms with Crippen LogP contribution in [0.5, 0.6) is 0 Å². The van der Waals surface area contributed by atoms with Gasteiger partial charge in [0.25, 0.3) is 0 Å². The number of halogens is 1. The van der Waals surface area contributed by atoms with Crippen LogP contribution in [0.2, 0.25) is 5.02 Å². The second kappa shape index (κ2) is 4.80. The number of nitrogen functional groups attached to an aromatic ring is 2. The van der Waals surface area contributed by atoms with Gasteiger partial charge in [-0.1, -0.05) is 11.6 Å². The highest BCUT2D eigenvalue weighted by Gasteiger charge is 1.99. The van der Waals surface area contributed by atoms with E-state index in [1.807, 2.05) is 0 Å². The van der Waals surface area contributed by atoms with Crippen molar-refractivity contribution in [3.8, 4) is 0 Å². The molecule has 1 aromatic heterocycles. The largest absolute Gasteiger partial charge is 0.384 e. The summed E-state index contributed by atoms with van der Waals surface area (Å²) in [5.74, 6) is 0.607. The van der Waals surface area contributed by atoms with Gasteiger partial charge < -0.3 is 11.5 Å². The third-order valence-corrected chi connectivity index (χ3v) is 2.28. The minimum Gasteiger partial charge on any atom is -0.384 e. The molecule has 2 aromatic rings. The summed E-state index contributed by atoms with van der Waals surface area (Å²) in [6.07, 6.45) is 0. The van der Waals surface area contributed by atoms with Crippen molar-refractivity contribution in [3.63, 3.8) is 0 Å². The number of hydrogen-bond acceptors (Lipinski definition) is 5. The average molecular weight is 248 g/mol. The Labute approximate surface area is 103 Å². The lowest BCUT2D eigenvalue weighted by atomic mass is 10.3. The summed E-state index contributed by atoms with van der Waals surface area (Å²) in [4.78, 5) is 3.88. The van der Waals surface area contributed by atoms with Gasteiger partial charge in [0.15, 0.2) is 5.82 Å². The van der Waals surface area contributed by atoms with Crippen molar-refractivity contribution in [2.24, 2.45) is 10.2 Å². The van der Waals surface area contributed by atoms with Gasteiger partial charge in [-0.3, -0.25) is 0 Å². The number of anilines is 2. The highest BCUT2D eigenvalue weighted by molar-refractivity contribution is 6.30. The fourth-order valence-corrected chi connectivity index (χ4v) is 1.31. The van der Waals surface area contributed by atoms with Crippen molar-refractivity contribution in [3.05, 3.63) is 41.4 Å². The van der Waals surface area contributed by atoms with Crippen LogP contribution in [0.25, 0.3) is 0 Å². The molecular weight excluding hydrogens is 238 g/mol. The first-order valence-electron chi connectivity index (χ1n) is 4.84. The van der Waals surface area contributed by atoms with E-state index in [0.717, 1.165) is 0 Å². The van der Waals surface area contributed by atoms with Gasteiger partial charge in [-0.2, -0.15) is 5.11 Å². The Morgan fingerprint density at radius 1 is 0.941 bits per heavy atom. The molecule has 5 nitrogen and oxygen atoms in total. The summed E-state index contributed by atoms with van der Waals surface area (Å²) >= 11 is 5.76. The van der Waals surface area contributed by atoms with Crippen LogP contribution in [0.3, 0.4) is 0 Å². The summed E-state index contributed by atoms with van der Waals surface area (Å²) in [6.45, 7) is 0. The number of pyridine rings is 1. The molecule has 0 atom stereocenters. The van der Waals surface area contributed by atoms with Gasteiger partial charge in [0.1, 0.15) is 11.5 Å². The third kappa shape index (κ3) is 2.92. The monoisotopic (exact) mass is 247 g/mol. The van der Waals surface area contributed by atoms with E-state index < -0.39 is 0 Å². The minimum absolute atomic E-state index is 0.253. The SMILES string of the molecule is Nc1ccc(/N=N/c2ccc(Cl)cc2)c(N)n1. The topological polar surface area (TPSA) is 89.6 Å². The molecule has 4 N–H and O–H groups in total. The number of nitrogens with two attached hydrogens (primary N) is 2. The van der Waals surface area contributed by atoms with Crippen molar-refractivity contribution in [2.45, 2.75) is 0 Å². The lowest BCUT2D eigenvalue weighted by Crippen LogP contribution is -1.95. The zero-order valence-electron chi connectivity index (χ0n) is 8.84. The molecule has 0 aliphatic rings. The van der Waals surface area contributed by atoms with E-state index >= 15 is 0 Å². The average Bonchev–Trinajstić information content (AvgIpc) is 2.30. The zero-order valence-corrected chi connectivity index (χ0v) is 9.59. The first-order valence-corrected chi connectivity index (χ1v) is 5.22. The lowest BCUT2D eigenvalue weighted by molar-refractivity contribution is 1.21. The molecule has 1 aromatic carbocycles. The van der Waals surface area contributed by atoms with Crippen molar-refractivity contribution in [2.75, 3.05) is 11.5 Å². The van der Waals surface area contributed by atoms with Gasteiger partial charge in [-0.15, -0.1) is 5.11 Å². The van der Waals surface area contributed by atoms with E-state index in [1.165, 1.54) is 0 Å². The molecule has 1 heterocycles. The molecule has 86 valence electrons. The minimum atomic E-state index is 0.253. The Hall–Kier alpha value is -2.14. The summed E-state index contributed by atoms with van der Waals surface area (Å²) in [5, 5.41) is 8.65. The number of nitrogens with zero attached hydrogens (tertiary/aromatic N) is 3. The predicted molar refractivity (Wildman–Crippen MR) is 68.7 cm³/mol. The van der Waals surface area contributed by atoms with E-state index in [4.69, 9.17) is 23.1 Å². The Bertz CT molecular complexity index is 550. The van der Waals surface area contributed by atoms with E-state index in [9.17, 15) is 0 Å². The Balaban J connectivity index is 2.23. The van der Waals surface area contributed by atoms with E-state index in [0.29, 0.717) is 22.2 Å². The van der Waals surface area contributed by atoms with Crippen LogP contribution in [-0.2, 0) is 0 Å². The number of rotatable bonds is 2. The molecule has 0 radical (unpaired) electrons. The summed E-state index contributed by atoms with van der Waals surface area (Å²) < 4.78 is 0. The van der Waals surface area contributed by atoms with Crippen LogP contribution in [0.15, 0.2) is 46.6 Å². The molecular formula is C11H10ClN5. The molecule has 0 spiro atoms. The summed E-state index contributed by atoms with van der Waals surface area (Å²) in [7, 11) is 0. The second-order valence-corrected chi connectivity index (χ2v) is 3.75. The van der Waals surface area contributed by atoms with Crippen LogP contribution in [0.1, 0.15) is 0 Å². The maximum absolute atomic E-state index is 5.76. The molecule has 2 rings (SSSR count). The summed E-state index contributed by atoms with van der Waals surface area (Å²) in [6, 6.07) is 10.3. The molecule has 0 aliphatic heterocycles. The third-order valence-electron chi connectivity index (χ3n) is 2.02. The van der Waals surface area contributed by atoms with Crippen LogP contribution in [0.4, 0.5) is 23.0 Å². The van der Waals surface area contributed by atoms with Gasteiger partial charge >= 0.3 is 0 Å². The number of benzene rings is 1. The van der Waals surface area contributed by atoms with Crippen LogP contribution in [0, 0.1) is 0 Å². The normalized spacial score (nSPS) is 10.9. The van der Waals surface area contributed by atoms with Crippen LogP contribution in [-0.4, -0.2) is 4.98 Å². The first-order chi connectivity index (χ1) is 8.15. The fraction of sp³-hybridized carbons (Fsp3) is 0. The molecule has 0 unspecified atom stereocenters. The maximum Gasteiger partial charge on any atom is 0.153 e. The smallest absolute Gasteiger partial charge is 0.153 e. The molecule has 0 amide bonds. The van der Waals surface area contributed by atoms with E-state index in [2.05, 4.69) is 15.2 Å². The molecule has 0 fully saturated rings.